The van der Waals surface area contributed by atoms with Crippen LogP contribution in [0, 0.1) is 34.5 Å². The summed E-state index contributed by atoms with van der Waals surface area (Å²) in [5, 5.41) is 22.7. The van der Waals surface area contributed by atoms with Gasteiger partial charge in [0, 0.05) is 5.41 Å². The minimum atomic E-state index is -0.783. The van der Waals surface area contributed by atoms with Crippen LogP contribution >= 0.6 is 0 Å². The van der Waals surface area contributed by atoms with E-state index in [9.17, 15) is 10.2 Å². The lowest BCUT2D eigenvalue weighted by molar-refractivity contribution is -0.206. The highest BCUT2D eigenvalue weighted by molar-refractivity contribution is 5.30. The van der Waals surface area contributed by atoms with Gasteiger partial charge in [0.1, 0.15) is 0 Å². The summed E-state index contributed by atoms with van der Waals surface area (Å²) in [6.45, 7) is 8.93. The summed E-state index contributed by atoms with van der Waals surface area (Å²) < 4.78 is 13.3. The Morgan fingerprint density at radius 3 is 2.25 bits per heavy atom. The Morgan fingerprint density at radius 2 is 1.50 bits per heavy atom. The summed E-state index contributed by atoms with van der Waals surface area (Å²) in [5.41, 5.74) is 0.302. The number of benzene rings is 1. The van der Waals surface area contributed by atoms with Crippen molar-refractivity contribution in [2.45, 2.75) is 102 Å². The molecule has 176 valence electrons. The molecular formula is C28H40O4. The standard InChI is InChI=1S/C28H40O4/c1-25(2)31-23-21-16-18(29)10-13-26(21,3)19-11-14-27(4)20(22(19)24(23)32-25)12-15-28(27,30)17-8-6-5-7-9-17/h5-9,18-24,29-30H,10-16H2,1-4H3. The molecule has 10 unspecified atom stereocenters. The Morgan fingerprint density at radius 1 is 0.812 bits per heavy atom. The van der Waals surface area contributed by atoms with Crippen LogP contribution in [0.25, 0.3) is 0 Å². The van der Waals surface area contributed by atoms with Crippen molar-refractivity contribution in [1.29, 1.82) is 0 Å². The maximum absolute atomic E-state index is 12.2. The van der Waals surface area contributed by atoms with Crippen LogP contribution in [0.4, 0.5) is 0 Å². The molecule has 32 heavy (non-hydrogen) atoms. The predicted octanol–water partition coefficient (Wildman–Crippen LogP) is 5.02. The van der Waals surface area contributed by atoms with Crippen molar-refractivity contribution in [3.05, 3.63) is 35.9 Å². The Bertz CT molecular complexity index is 885. The monoisotopic (exact) mass is 440 g/mol. The number of rotatable bonds is 1. The molecule has 4 heteroatoms. The third kappa shape index (κ3) is 2.70. The first-order valence-electron chi connectivity index (χ1n) is 12.9. The molecule has 1 saturated heterocycles. The predicted molar refractivity (Wildman–Crippen MR) is 123 cm³/mol. The molecule has 6 rings (SSSR count). The molecule has 4 nitrogen and oxygen atoms in total. The lowest BCUT2D eigenvalue weighted by Crippen LogP contribution is -2.64. The first kappa shape index (κ1) is 21.6. The molecule has 5 aliphatic rings. The second-order valence-electron chi connectivity index (χ2n) is 12.6. The summed E-state index contributed by atoms with van der Waals surface area (Å²) in [4.78, 5) is 0. The minimum absolute atomic E-state index is 0.0407. The number of aliphatic hydroxyl groups is 2. The summed E-state index contributed by atoms with van der Waals surface area (Å²) in [5.74, 6) is 1.14. The van der Waals surface area contributed by atoms with E-state index in [0.717, 1.165) is 50.5 Å². The normalized spacial score (nSPS) is 53.8. The average Bonchev–Trinajstić information content (AvgIpc) is 3.23. The lowest BCUT2D eigenvalue weighted by Gasteiger charge is -2.63. The van der Waals surface area contributed by atoms with Crippen LogP contribution in [0.15, 0.2) is 30.3 Å². The van der Waals surface area contributed by atoms with Crippen molar-refractivity contribution in [2.24, 2.45) is 34.5 Å². The molecule has 0 aromatic heterocycles. The number of ether oxygens (including phenoxy) is 2. The van der Waals surface area contributed by atoms with Gasteiger partial charge >= 0.3 is 0 Å². The molecule has 5 fully saturated rings. The highest BCUT2D eigenvalue weighted by Gasteiger charge is 2.70. The van der Waals surface area contributed by atoms with Gasteiger partial charge in [-0.1, -0.05) is 44.2 Å². The first-order chi connectivity index (χ1) is 15.1. The SMILES string of the molecule is CC1(C)OC2C(O1)C1CC(O)CCC1(C)C1CCC3(C)C(CCC3(O)c3ccccc3)C21. The topological polar surface area (TPSA) is 58.9 Å². The highest BCUT2D eigenvalue weighted by Crippen LogP contribution is 2.71. The molecule has 10 atom stereocenters. The summed E-state index contributed by atoms with van der Waals surface area (Å²) in [6.07, 6.45) is 6.71. The van der Waals surface area contributed by atoms with Crippen molar-refractivity contribution in [3.63, 3.8) is 0 Å². The van der Waals surface area contributed by atoms with Gasteiger partial charge in [-0.05, 0) is 93.4 Å². The Labute approximate surface area is 192 Å². The van der Waals surface area contributed by atoms with Gasteiger partial charge in [0.15, 0.2) is 5.79 Å². The van der Waals surface area contributed by atoms with Gasteiger partial charge in [-0.15, -0.1) is 0 Å². The van der Waals surface area contributed by atoms with Gasteiger partial charge in [0.2, 0.25) is 0 Å². The molecule has 0 radical (unpaired) electrons. The Kier molecular flexibility index (Phi) is 4.59. The van der Waals surface area contributed by atoms with E-state index in [1.165, 1.54) is 0 Å². The number of hydrogen-bond acceptors (Lipinski definition) is 4. The van der Waals surface area contributed by atoms with E-state index in [0.29, 0.717) is 23.7 Å². The van der Waals surface area contributed by atoms with E-state index in [1.807, 2.05) is 19.9 Å². The fourth-order valence-electron chi connectivity index (χ4n) is 9.37. The number of hydrogen-bond donors (Lipinski definition) is 2. The fraction of sp³-hybridized carbons (Fsp3) is 0.786. The molecule has 1 heterocycles. The molecule has 0 amide bonds. The zero-order chi connectivity index (χ0) is 22.5. The van der Waals surface area contributed by atoms with Crippen molar-refractivity contribution in [1.82, 2.24) is 0 Å². The number of fused-ring (bicyclic) bond motifs is 8. The van der Waals surface area contributed by atoms with Crippen LogP contribution in [0.1, 0.15) is 78.2 Å². The second kappa shape index (κ2) is 6.81. The zero-order valence-corrected chi connectivity index (χ0v) is 20.1. The Hall–Kier alpha value is -0.940. The average molecular weight is 441 g/mol. The molecule has 0 spiro atoms. The molecule has 4 saturated carbocycles. The van der Waals surface area contributed by atoms with Crippen molar-refractivity contribution >= 4 is 0 Å². The van der Waals surface area contributed by atoms with Gasteiger partial charge in [0.05, 0.1) is 23.9 Å². The summed E-state index contributed by atoms with van der Waals surface area (Å²) >= 11 is 0. The van der Waals surface area contributed by atoms with Gasteiger partial charge in [-0.2, -0.15) is 0 Å². The van der Waals surface area contributed by atoms with Crippen LogP contribution < -0.4 is 0 Å². The first-order valence-corrected chi connectivity index (χ1v) is 12.9. The van der Waals surface area contributed by atoms with Crippen LogP contribution in [-0.2, 0) is 15.1 Å². The highest BCUT2D eigenvalue weighted by atomic mass is 16.8. The number of aliphatic hydroxyl groups excluding tert-OH is 1. The van der Waals surface area contributed by atoms with Gasteiger partial charge in [-0.3, -0.25) is 0 Å². The van der Waals surface area contributed by atoms with Crippen LogP contribution in [-0.4, -0.2) is 34.3 Å². The fourth-order valence-corrected chi connectivity index (χ4v) is 9.37. The quantitative estimate of drug-likeness (QED) is 0.644. The van der Waals surface area contributed by atoms with Gasteiger partial charge < -0.3 is 19.7 Å². The summed E-state index contributed by atoms with van der Waals surface area (Å²) in [6, 6.07) is 10.4. The van der Waals surface area contributed by atoms with E-state index in [2.05, 4.69) is 38.1 Å². The van der Waals surface area contributed by atoms with Gasteiger partial charge in [-0.25, -0.2) is 0 Å². The van der Waals surface area contributed by atoms with E-state index < -0.39 is 11.4 Å². The summed E-state index contributed by atoms with van der Waals surface area (Å²) in [7, 11) is 0. The molecule has 1 aromatic rings. The molecule has 1 aliphatic heterocycles. The molecule has 1 aromatic carbocycles. The van der Waals surface area contributed by atoms with Crippen molar-refractivity contribution in [3.8, 4) is 0 Å². The molecular weight excluding hydrogens is 400 g/mol. The van der Waals surface area contributed by atoms with Crippen LogP contribution in [0.3, 0.4) is 0 Å². The zero-order valence-electron chi connectivity index (χ0n) is 20.1. The smallest absolute Gasteiger partial charge is 0.163 e. The minimum Gasteiger partial charge on any atom is -0.393 e. The molecule has 0 bridgehead atoms. The third-order valence-corrected chi connectivity index (χ3v) is 10.9. The van der Waals surface area contributed by atoms with Gasteiger partial charge in [0.25, 0.3) is 0 Å². The Balaban J connectivity index is 1.43. The molecule has 4 aliphatic carbocycles. The third-order valence-electron chi connectivity index (χ3n) is 10.9. The van der Waals surface area contributed by atoms with E-state index >= 15 is 0 Å². The van der Waals surface area contributed by atoms with E-state index in [4.69, 9.17) is 9.47 Å². The van der Waals surface area contributed by atoms with E-state index in [1.54, 1.807) is 0 Å². The maximum atomic E-state index is 12.2. The second-order valence-corrected chi connectivity index (χ2v) is 12.6. The largest absolute Gasteiger partial charge is 0.393 e. The van der Waals surface area contributed by atoms with Crippen LogP contribution in [0.2, 0.25) is 0 Å². The lowest BCUT2D eigenvalue weighted by atomic mass is 9.43. The molecule has 2 N–H and O–H groups in total. The van der Waals surface area contributed by atoms with E-state index in [-0.39, 0.29) is 29.1 Å². The maximum Gasteiger partial charge on any atom is 0.163 e. The van der Waals surface area contributed by atoms with Crippen molar-refractivity contribution in [2.75, 3.05) is 0 Å². The van der Waals surface area contributed by atoms with Crippen molar-refractivity contribution < 1.29 is 19.7 Å². The van der Waals surface area contributed by atoms with Crippen LogP contribution in [0.5, 0.6) is 0 Å².